The van der Waals surface area contributed by atoms with Gasteiger partial charge in [0.25, 0.3) is 5.91 Å². The molecule has 1 aromatic rings. The molecule has 3 atom stereocenters. The standard InChI is InChI=1S/C15H19IN2O2/c1-2-13-11-7-17-6-10(11)8-18(13)15(20)9-3-4-12(16)14(19)5-9/h3-5,10-11,13,17,19H,2,6-8H2,1H3. The van der Waals surface area contributed by atoms with E-state index in [0.717, 1.165) is 29.6 Å². The Morgan fingerprint density at radius 2 is 2.30 bits per heavy atom. The molecular weight excluding hydrogens is 367 g/mol. The molecule has 2 saturated heterocycles. The first kappa shape index (κ1) is 14.1. The van der Waals surface area contributed by atoms with Crippen LogP contribution in [0.3, 0.4) is 0 Å². The minimum absolute atomic E-state index is 0.0537. The van der Waals surface area contributed by atoms with Gasteiger partial charge in [-0.3, -0.25) is 4.79 Å². The molecule has 0 saturated carbocycles. The number of carbonyl (C=O) groups excluding carboxylic acids is 1. The molecule has 3 unspecified atom stereocenters. The highest BCUT2D eigenvalue weighted by Crippen LogP contribution is 2.35. The summed E-state index contributed by atoms with van der Waals surface area (Å²) in [6.07, 6.45) is 0.991. The topological polar surface area (TPSA) is 52.6 Å². The molecule has 0 radical (unpaired) electrons. The lowest BCUT2D eigenvalue weighted by Crippen LogP contribution is -2.39. The second kappa shape index (κ2) is 5.52. The summed E-state index contributed by atoms with van der Waals surface area (Å²) in [5, 5.41) is 13.2. The van der Waals surface area contributed by atoms with Crippen molar-refractivity contribution in [1.29, 1.82) is 0 Å². The number of nitrogens with one attached hydrogen (secondary N) is 1. The smallest absolute Gasteiger partial charge is 0.254 e. The van der Waals surface area contributed by atoms with E-state index in [9.17, 15) is 9.90 Å². The number of amides is 1. The monoisotopic (exact) mass is 386 g/mol. The minimum Gasteiger partial charge on any atom is -0.507 e. The number of phenols is 1. The van der Waals surface area contributed by atoms with Crippen molar-refractivity contribution in [2.24, 2.45) is 11.8 Å². The third kappa shape index (κ3) is 2.30. The lowest BCUT2D eigenvalue weighted by molar-refractivity contribution is 0.0711. The normalized spacial score (nSPS) is 28.7. The molecule has 20 heavy (non-hydrogen) atoms. The molecule has 2 aliphatic rings. The van der Waals surface area contributed by atoms with Gasteiger partial charge in [0.2, 0.25) is 0 Å². The zero-order chi connectivity index (χ0) is 14.3. The largest absolute Gasteiger partial charge is 0.507 e. The molecule has 4 nitrogen and oxygen atoms in total. The van der Waals surface area contributed by atoms with Crippen molar-refractivity contribution in [3.05, 3.63) is 27.3 Å². The molecule has 2 aliphatic heterocycles. The van der Waals surface area contributed by atoms with E-state index in [4.69, 9.17) is 0 Å². The van der Waals surface area contributed by atoms with Crippen molar-refractivity contribution < 1.29 is 9.90 Å². The average molecular weight is 386 g/mol. The number of carbonyl (C=O) groups is 1. The van der Waals surface area contributed by atoms with Crippen LogP contribution in [0.1, 0.15) is 23.7 Å². The van der Waals surface area contributed by atoms with Crippen LogP contribution in [0.2, 0.25) is 0 Å². The number of nitrogens with zero attached hydrogens (tertiary/aromatic N) is 1. The number of hydrogen-bond acceptors (Lipinski definition) is 3. The van der Waals surface area contributed by atoms with Gasteiger partial charge >= 0.3 is 0 Å². The maximum Gasteiger partial charge on any atom is 0.254 e. The maximum atomic E-state index is 12.7. The van der Waals surface area contributed by atoms with Crippen LogP contribution in [0.25, 0.3) is 0 Å². The fourth-order valence-corrected chi connectivity index (χ4v) is 3.93. The second-order valence-corrected chi connectivity index (χ2v) is 6.84. The molecule has 0 spiro atoms. The van der Waals surface area contributed by atoms with Crippen molar-refractivity contribution in [1.82, 2.24) is 10.2 Å². The molecule has 0 aliphatic carbocycles. The number of benzene rings is 1. The van der Waals surface area contributed by atoms with Crippen LogP contribution < -0.4 is 5.32 Å². The molecular formula is C15H19IN2O2. The molecule has 5 heteroatoms. The minimum atomic E-state index is 0.0537. The zero-order valence-corrected chi connectivity index (χ0v) is 13.6. The Kier molecular flexibility index (Phi) is 3.90. The fraction of sp³-hybridized carbons (Fsp3) is 0.533. The van der Waals surface area contributed by atoms with E-state index in [-0.39, 0.29) is 11.7 Å². The fourth-order valence-electron chi connectivity index (χ4n) is 3.59. The third-order valence-electron chi connectivity index (χ3n) is 4.59. The molecule has 3 rings (SSSR count). The summed E-state index contributed by atoms with van der Waals surface area (Å²) in [5.41, 5.74) is 0.592. The van der Waals surface area contributed by atoms with Crippen LogP contribution in [0.15, 0.2) is 18.2 Å². The van der Waals surface area contributed by atoms with Crippen LogP contribution in [0.5, 0.6) is 5.75 Å². The molecule has 2 fully saturated rings. The highest BCUT2D eigenvalue weighted by Gasteiger charge is 2.45. The first-order valence-corrected chi connectivity index (χ1v) is 8.20. The summed E-state index contributed by atoms with van der Waals surface area (Å²) < 4.78 is 0.772. The zero-order valence-electron chi connectivity index (χ0n) is 11.5. The number of hydrogen-bond donors (Lipinski definition) is 2. The van der Waals surface area contributed by atoms with E-state index in [2.05, 4.69) is 34.8 Å². The number of halogens is 1. The number of fused-ring (bicyclic) bond motifs is 1. The Bertz CT molecular complexity index is 535. The number of phenolic OH excluding ortho intramolecular Hbond substituents is 1. The van der Waals surface area contributed by atoms with Crippen LogP contribution in [0.4, 0.5) is 0 Å². The molecule has 0 bridgehead atoms. The Labute approximate surface area is 132 Å². The number of rotatable bonds is 2. The van der Waals surface area contributed by atoms with Gasteiger partial charge in [-0.25, -0.2) is 0 Å². The van der Waals surface area contributed by atoms with Gasteiger partial charge in [-0.05, 0) is 59.0 Å². The summed E-state index contributed by atoms with van der Waals surface area (Å²) in [4.78, 5) is 14.7. The molecule has 0 aromatic heterocycles. The second-order valence-electron chi connectivity index (χ2n) is 5.68. The van der Waals surface area contributed by atoms with Gasteiger partial charge in [0.1, 0.15) is 5.75 Å². The summed E-state index contributed by atoms with van der Waals surface area (Å²) in [6.45, 7) is 5.02. The highest BCUT2D eigenvalue weighted by molar-refractivity contribution is 14.1. The van der Waals surface area contributed by atoms with Gasteiger partial charge in [0.15, 0.2) is 0 Å². The van der Waals surface area contributed by atoms with E-state index in [1.165, 1.54) is 0 Å². The molecule has 1 aromatic carbocycles. The third-order valence-corrected chi connectivity index (χ3v) is 5.50. The Morgan fingerprint density at radius 3 is 3.00 bits per heavy atom. The van der Waals surface area contributed by atoms with Crippen molar-refractivity contribution in [3.63, 3.8) is 0 Å². The van der Waals surface area contributed by atoms with Gasteiger partial charge in [-0.15, -0.1) is 0 Å². The van der Waals surface area contributed by atoms with Gasteiger partial charge in [0, 0.05) is 31.2 Å². The summed E-state index contributed by atoms with van der Waals surface area (Å²) >= 11 is 2.06. The predicted molar refractivity (Wildman–Crippen MR) is 85.8 cm³/mol. The van der Waals surface area contributed by atoms with Crippen LogP contribution in [0, 0.1) is 15.4 Å². The van der Waals surface area contributed by atoms with E-state index < -0.39 is 0 Å². The van der Waals surface area contributed by atoms with E-state index in [0.29, 0.717) is 23.4 Å². The van der Waals surface area contributed by atoms with Crippen LogP contribution in [-0.4, -0.2) is 41.6 Å². The van der Waals surface area contributed by atoms with Crippen molar-refractivity contribution >= 4 is 28.5 Å². The molecule has 2 heterocycles. The molecule has 108 valence electrons. The molecule has 2 N–H and O–H groups in total. The lowest BCUT2D eigenvalue weighted by Gasteiger charge is -2.27. The van der Waals surface area contributed by atoms with Gasteiger partial charge in [-0.1, -0.05) is 6.92 Å². The van der Waals surface area contributed by atoms with Crippen LogP contribution in [-0.2, 0) is 0 Å². The number of aromatic hydroxyl groups is 1. The summed E-state index contributed by atoms with van der Waals surface area (Å²) in [5.74, 6) is 1.41. The van der Waals surface area contributed by atoms with Gasteiger partial charge in [0.05, 0.1) is 3.57 Å². The first-order chi connectivity index (χ1) is 9.61. The Morgan fingerprint density at radius 1 is 1.50 bits per heavy atom. The van der Waals surface area contributed by atoms with Crippen molar-refractivity contribution in [3.8, 4) is 5.75 Å². The average Bonchev–Trinajstić information content (AvgIpc) is 3.01. The van der Waals surface area contributed by atoms with E-state index >= 15 is 0 Å². The first-order valence-electron chi connectivity index (χ1n) is 7.12. The quantitative estimate of drug-likeness (QED) is 0.766. The van der Waals surface area contributed by atoms with Crippen LogP contribution >= 0.6 is 22.6 Å². The maximum absolute atomic E-state index is 12.7. The van der Waals surface area contributed by atoms with Gasteiger partial charge < -0.3 is 15.3 Å². The van der Waals surface area contributed by atoms with Crippen molar-refractivity contribution in [2.45, 2.75) is 19.4 Å². The van der Waals surface area contributed by atoms with E-state index in [1.54, 1.807) is 12.1 Å². The Balaban J connectivity index is 1.84. The lowest BCUT2D eigenvalue weighted by atomic mass is 9.93. The summed E-state index contributed by atoms with van der Waals surface area (Å²) in [7, 11) is 0. The van der Waals surface area contributed by atoms with Crippen molar-refractivity contribution in [2.75, 3.05) is 19.6 Å². The summed E-state index contributed by atoms with van der Waals surface area (Å²) in [6, 6.07) is 5.51. The van der Waals surface area contributed by atoms with E-state index in [1.807, 2.05) is 11.0 Å². The Hall–Kier alpha value is -0.820. The highest BCUT2D eigenvalue weighted by atomic mass is 127. The predicted octanol–water partition coefficient (Wildman–Crippen LogP) is 2.07. The molecule has 1 amide bonds. The van der Waals surface area contributed by atoms with Gasteiger partial charge in [-0.2, -0.15) is 0 Å². The SMILES string of the molecule is CCC1C2CNCC2CN1C(=O)c1ccc(I)c(O)c1. The number of likely N-dealkylation sites (tertiary alicyclic amines) is 1.